The van der Waals surface area contributed by atoms with Crippen LogP contribution in [0.4, 0.5) is 4.39 Å². The van der Waals surface area contributed by atoms with E-state index in [-0.39, 0.29) is 5.82 Å². The SMILES string of the molecule is Fc1ccc(-n2c(-c3ccccc3)cc(-c3ccccc3)c2-c2ccc(Cl)cc2)cc1. The van der Waals surface area contributed by atoms with Crippen LogP contribution in [0.15, 0.2) is 115 Å². The summed E-state index contributed by atoms with van der Waals surface area (Å²) < 4.78 is 15.9. The van der Waals surface area contributed by atoms with Crippen molar-refractivity contribution in [3.63, 3.8) is 0 Å². The van der Waals surface area contributed by atoms with Crippen LogP contribution in [0.3, 0.4) is 0 Å². The Morgan fingerprint density at radius 1 is 0.581 bits per heavy atom. The predicted molar refractivity (Wildman–Crippen MR) is 127 cm³/mol. The molecule has 0 saturated heterocycles. The van der Waals surface area contributed by atoms with Crippen LogP contribution in [0.5, 0.6) is 0 Å². The number of nitrogens with zero attached hydrogens (tertiary/aromatic N) is 1. The monoisotopic (exact) mass is 423 g/mol. The van der Waals surface area contributed by atoms with E-state index in [1.165, 1.54) is 12.1 Å². The molecule has 0 fully saturated rings. The Kier molecular flexibility index (Phi) is 5.15. The first-order valence-corrected chi connectivity index (χ1v) is 10.5. The summed E-state index contributed by atoms with van der Waals surface area (Å²) in [6.45, 7) is 0. The van der Waals surface area contributed by atoms with Gasteiger partial charge in [0.25, 0.3) is 0 Å². The van der Waals surface area contributed by atoms with E-state index in [0.717, 1.165) is 39.3 Å². The van der Waals surface area contributed by atoms with E-state index in [1.54, 1.807) is 0 Å². The molecule has 31 heavy (non-hydrogen) atoms. The maximum Gasteiger partial charge on any atom is 0.123 e. The minimum Gasteiger partial charge on any atom is -0.309 e. The van der Waals surface area contributed by atoms with Crippen molar-refractivity contribution in [1.82, 2.24) is 4.57 Å². The van der Waals surface area contributed by atoms with Gasteiger partial charge in [-0.05, 0) is 59.2 Å². The summed E-state index contributed by atoms with van der Waals surface area (Å²) in [5.41, 5.74) is 7.31. The highest BCUT2D eigenvalue weighted by molar-refractivity contribution is 6.30. The first-order chi connectivity index (χ1) is 15.2. The lowest BCUT2D eigenvalue weighted by Gasteiger charge is -2.16. The summed E-state index contributed by atoms with van der Waals surface area (Å²) in [5, 5.41) is 0.688. The standard InChI is InChI=1S/C28H19ClFN/c29-23-13-11-22(12-14-23)28-26(20-7-3-1-4-8-20)19-27(21-9-5-2-6-10-21)31(28)25-17-15-24(30)16-18-25/h1-19H. The maximum atomic E-state index is 13.7. The van der Waals surface area contributed by atoms with Crippen molar-refractivity contribution >= 4 is 11.6 Å². The van der Waals surface area contributed by atoms with Crippen LogP contribution >= 0.6 is 11.6 Å². The number of rotatable bonds is 4. The normalized spacial score (nSPS) is 10.9. The fourth-order valence-corrected chi connectivity index (χ4v) is 4.05. The molecule has 3 heteroatoms. The number of halogens is 2. The van der Waals surface area contributed by atoms with Gasteiger partial charge in [-0.25, -0.2) is 4.39 Å². The zero-order valence-electron chi connectivity index (χ0n) is 16.7. The molecule has 0 aliphatic heterocycles. The summed E-state index contributed by atoms with van der Waals surface area (Å²) >= 11 is 6.18. The van der Waals surface area contributed by atoms with Crippen molar-refractivity contribution in [3.8, 4) is 39.3 Å². The van der Waals surface area contributed by atoms with Crippen LogP contribution in [0.25, 0.3) is 39.3 Å². The second-order valence-electron chi connectivity index (χ2n) is 7.34. The summed E-state index contributed by atoms with van der Waals surface area (Å²) in [6.07, 6.45) is 0. The van der Waals surface area contributed by atoms with Gasteiger partial charge in [-0.3, -0.25) is 0 Å². The van der Waals surface area contributed by atoms with Crippen LogP contribution < -0.4 is 0 Å². The minimum absolute atomic E-state index is 0.256. The third-order valence-electron chi connectivity index (χ3n) is 5.36. The summed E-state index contributed by atoms with van der Waals surface area (Å²) in [6, 6.07) is 37.2. The van der Waals surface area contributed by atoms with Crippen molar-refractivity contribution in [2.75, 3.05) is 0 Å². The van der Waals surface area contributed by atoms with E-state index in [9.17, 15) is 4.39 Å². The average molecular weight is 424 g/mol. The van der Waals surface area contributed by atoms with Gasteiger partial charge in [0, 0.05) is 16.3 Å². The predicted octanol–water partition coefficient (Wildman–Crippen LogP) is 8.27. The molecule has 0 aliphatic rings. The van der Waals surface area contributed by atoms with Crippen LogP contribution in [0.2, 0.25) is 5.02 Å². The molecular weight excluding hydrogens is 405 g/mol. The van der Waals surface area contributed by atoms with Gasteiger partial charge in [-0.2, -0.15) is 0 Å². The molecule has 0 bridgehead atoms. The van der Waals surface area contributed by atoms with Crippen molar-refractivity contribution in [2.24, 2.45) is 0 Å². The van der Waals surface area contributed by atoms with Gasteiger partial charge in [0.05, 0.1) is 11.4 Å². The molecule has 0 radical (unpaired) electrons. The lowest BCUT2D eigenvalue weighted by molar-refractivity contribution is 0.627. The van der Waals surface area contributed by atoms with Gasteiger partial charge < -0.3 is 4.57 Å². The highest BCUT2D eigenvalue weighted by Crippen LogP contribution is 2.41. The van der Waals surface area contributed by atoms with Crippen LogP contribution in [0, 0.1) is 5.82 Å². The Bertz CT molecular complexity index is 1200. The van der Waals surface area contributed by atoms with Crippen LogP contribution in [0.1, 0.15) is 0 Å². The van der Waals surface area contributed by atoms with Crippen LogP contribution in [-0.2, 0) is 0 Å². The summed E-state index contributed by atoms with van der Waals surface area (Å²) in [5.74, 6) is -0.256. The molecule has 1 aromatic heterocycles. The van der Waals surface area contributed by atoms with E-state index >= 15 is 0 Å². The zero-order valence-corrected chi connectivity index (χ0v) is 17.4. The molecule has 0 aliphatic carbocycles. The molecule has 5 aromatic rings. The average Bonchev–Trinajstić information content (AvgIpc) is 3.22. The maximum absolute atomic E-state index is 13.7. The molecule has 5 rings (SSSR count). The Balaban J connectivity index is 1.88. The zero-order chi connectivity index (χ0) is 21.2. The largest absolute Gasteiger partial charge is 0.309 e. The second-order valence-corrected chi connectivity index (χ2v) is 7.78. The molecule has 1 heterocycles. The number of hydrogen-bond donors (Lipinski definition) is 0. The van der Waals surface area contributed by atoms with Gasteiger partial charge in [0.15, 0.2) is 0 Å². The lowest BCUT2D eigenvalue weighted by atomic mass is 10.0. The Labute approximate surface area is 186 Å². The lowest BCUT2D eigenvalue weighted by Crippen LogP contribution is -2.00. The molecule has 0 spiro atoms. The smallest absolute Gasteiger partial charge is 0.123 e. The van der Waals surface area contributed by atoms with Gasteiger partial charge in [-0.15, -0.1) is 0 Å². The Morgan fingerprint density at radius 3 is 1.77 bits per heavy atom. The van der Waals surface area contributed by atoms with Crippen molar-refractivity contribution in [1.29, 1.82) is 0 Å². The van der Waals surface area contributed by atoms with Gasteiger partial charge in [0.1, 0.15) is 5.82 Å². The molecule has 4 aromatic carbocycles. The van der Waals surface area contributed by atoms with Crippen molar-refractivity contribution in [2.45, 2.75) is 0 Å². The molecule has 0 saturated carbocycles. The van der Waals surface area contributed by atoms with Gasteiger partial charge >= 0.3 is 0 Å². The van der Waals surface area contributed by atoms with Gasteiger partial charge in [0.2, 0.25) is 0 Å². The molecule has 0 amide bonds. The Hall–Kier alpha value is -3.62. The van der Waals surface area contributed by atoms with Gasteiger partial charge in [-0.1, -0.05) is 84.4 Å². The van der Waals surface area contributed by atoms with Crippen LogP contribution in [-0.4, -0.2) is 4.57 Å². The van der Waals surface area contributed by atoms with Crippen molar-refractivity contribution < 1.29 is 4.39 Å². The van der Waals surface area contributed by atoms with E-state index < -0.39 is 0 Å². The molecule has 0 atom stereocenters. The first kappa shape index (κ1) is 19.3. The quantitative estimate of drug-likeness (QED) is 0.274. The first-order valence-electron chi connectivity index (χ1n) is 10.1. The highest BCUT2D eigenvalue weighted by atomic mass is 35.5. The summed E-state index contributed by atoms with van der Waals surface area (Å²) in [7, 11) is 0. The van der Waals surface area contributed by atoms with E-state index in [0.29, 0.717) is 5.02 Å². The molecule has 0 N–H and O–H groups in total. The topological polar surface area (TPSA) is 4.93 Å². The van der Waals surface area contributed by atoms with E-state index in [2.05, 4.69) is 34.9 Å². The number of benzene rings is 4. The molecule has 150 valence electrons. The fraction of sp³-hybridized carbons (Fsp3) is 0. The summed E-state index contributed by atoms with van der Waals surface area (Å²) in [4.78, 5) is 0. The van der Waals surface area contributed by atoms with E-state index in [1.807, 2.05) is 72.8 Å². The molecule has 1 nitrogen and oxygen atoms in total. The Morgan fingerprint density at radius 2 is 1.16 bits per heavy atom. The van der Waals surface area contributed by atoms with E-state index in [4.69, 9.17) is 11.6 Å². The third-order valence-corrected chi connectivity index (χ3v) is 5.61. The number of aromatic nitrogens is 1. The second kappa shape index (κ2) is 8.25. The third kappa shape index (κ3) is 3.78. The minimum atomic E-state index is -0.256. The number of hydrogen-bond acceptors (Lipinski definition) is 0. The van der Waals surface area contributed by atoms with Crippen molar-refractivity contribution in [3.05, 3.63) is 126 Å². The fourth-order valence-electron chi connectivity index (χ4n) is 3.92. The molecule has 0 unspecified atom stereocenters. The molecular formula is C28H19ClFN. The highest BCUT2D eigenvalue weighted by Gasteiger charge is 2.20.